The third kappa shape index (κ3) is 3.26. The molecule has 0 spiro atoms. The van der Waals surface area contributed by atoms with Crippen molar-refractivity contribution in [2.24, 2.45) is 0 Å². The van der Waals surface area contributed by atoms with Crippen LogP contribution in [0.2, 0.25) is 0 Å². The number of amides is 1. The molecule has 0 radical (unpaired) electrons. The summed E-state index contributed by atoms with van der Waals surface area (Å²) in [6, 6.07) is 10.5. The highest BCUT2D eigenvalue weighted by atomic mass is 127. The van der Waals surface area contributed by atoms with Gasteiger partial charge in [0.15, 0.2) is 0 Å². The van der Waals surface area contributed by atoms with Crippen LogP contribution >= 0.6 is 22.6 Å². The number of carbonyl (C=O) groups is 1. The van der Waals surface area contributed by atoms with Crippen LogP contribution in [0.3, 0.4) is 0 Å². The number of aromatic nitrogens is 1. The molecule has 1 fully saturated rings. The lowest BCUT2D eigenvalue weighted by Gasteiger charge is -2.18. The van der Waals surface area contributed by atoms with Crippen molar-refractivity contribution in [1.82, 2.24) is 9.88 Å². The lowest BCUT2D eigenvalue weighted by atomic mass is 9.98. The average molecular weight is 392 g/mol. The first-order chi connectivity index (χ1) is 10.1. The van der Waals surface area contributed by atoms with E-state index in [1.54, 1.807) is 6.20 Å². The van der Waals surface area contributed by atoms with Gasteiger partial charge in [-0.2, -0.15) is 0 Å². The van der Waals surface area contributed by atoms with E-state index in [0.717, 1.165) is 12.1 Å². The highest BCUT2D eigenvalue weighted by molar-refractivity contribution is 14.1. The third-order valence-electron chi connectivity index (χ3n) is 4.03. The maximum Gasteiger partial charge on any atom is 0.223 e. The van der Waals surface area contributed by atoms with E-state index in [2.05, 4.69) is 51.8 Å². The topological polar surface area (TPSA) is 33.2 Å². The number of benzene rings is 1. The zero-order valence-electron chi connectivity index (χ0n) is 11.9. The summed E-state index contributed by atoms with van der Waals surface area (Å²) in [6.45, 7) is 3.54. The standard InChI is InChI=1S/C17H17IN2O/c1-12-9-19-6-5-14(12)10-20-11-15(8-17(20)21)13-3-2-4-16(18)7-13/h2-7,9,15H,8,10-11H2,1H3/t15-/m0/s1. The summed E-state index contributed by atoms with van der Waals surface area (Å²) in [5.74, 6) is 0.560. The van der Waals surface area contributed by atoms with Crippen molar-refractivity contribution in [2.45, 2.75) is 25.8 Å². The maximum absolute atomic E-state index is 12.3. The Hall–Kier alpha value is -1.43. The zero-order valence-corrected chi connectivity index (χ0v) is 14.1. The largest absolute Gasteiger partial charge is 0.338 e. The molecular weight excluding hydrogens is 375 g/mol. The number of halogens is 1. The van der Waals surface area contributed by atoms with Gasteiger partial charge in [0, 0.05) is 41.4 Å². The zero-order chi connectivity index (χ0) is 14.8. The number of pyridine rings is 1. The SMILES string of the molecule is Cc1cnccc1CN1C[C@@H](c2cccc(I)c2)CC1=O. The summed E-state index contributed by atoms with van der Waals surface area (Å²) in [5.41, 5.74) is 3.59. The van der Waals surface area contributed by atoms with Crippen LogP contribution in [0.25, 0.3) is 0 Å². The molecule has 3 rings (SSSR count). The molecular formula is C17H17IN2O. The monoisotopic (exact) mass is 392 g/mol. The van der Waals surface area contributed by atoms with Gasteiger partial charge < -0.3 is 4.90 Å². The second-order valence-corrected chi connectivity index (χ2v) is 6.78. The van der Waals surface area contributed by atoms with E-state index in [9.17, 15) is 4.79 Å². The van der Waals surface area contributed by atoms with E-state index in [4.69, 9.17) is 0 Å². The van der Waals surface area contributed by atoms with Crippen LogP contribution in [0.1, 0.15) is 29.0 Å². The second kappa shape index (κ2) is 6.13. The minimum absolute atomic E-state index is 0.245. The Morgan fingerprint density at radius 2 is 2.24 bits per heavy atom. The van der Waals surface area contributed by atoms with Crippen LogP contribution in [-0.2, 0) is 11.3 Å². The van der Waals surface area contributed by atoms with E-state index < -0.39 is 0 Å². The van der Waals surface area contributed by atoms with Gasteiger partial charge in [-0.1, -0.05) is 12.1 Å². The molecule has 0 N–H and O–H groups in total. The van der Waals surface area contributed by atoms with E-state index in [-0.39, 0.29) is 5.91 Å². The highest BCUT2D eigenvalue weighted by Gasteiger charge is 2.30. The Balaban J connectivity index is 1.75. The molecule has 1 aliphatic heterocycles. The normalized spacial score (nSPS) is 18.3. The molecule has 1 saturated heterocycles. The van der Waals surface area contributed by atoms with Gasteiger partial charge in [-0.3, -0.25) is 9.78 Å². The van der Waals surface area contributed by atoms with E-state index >= 15 is 0 Å². The molecule has 3 nitrogen and oxygen atoms in total. The highest BCUT2D eigenvalue weighted by Crippen LogP contribution is 2.30. The summed E-state index contributed by atoms with van der Waals surface area (Å²) >= 11 is 2.32. The lowest BCUT2D eigenvalue weighted by Crippen LogP contribution is -2.24. The van der Waals surface area contributed by atoms with Gasteiger partial charge in [0.25, 0.3) is 0 Å². The fourth-order valence-corrected chi connectivity index (χ4v) is 3.36. The van der Waals surface area contributed by atoms with Gasteiger partial charge in [-0.15, -0.1) is 0 Å². The van der Waals surface area contributed by atoms with Crippen LogP contribution in [0.15, 0.2) is 42.7 Å². The van der Waals surface area contributed by atoms with E-state index in [1.807, 2.05) is 24.1 Å². The summed E-state index contributed by atoms with van der Waals surface area (Å²) in [5, 5.41) is 0. The number of hydrogen-bond donors (Lipinski definition) is 0. The van der Waals surface area contributed by atoms with Crippen molar-refractivity contribution in [3.05, 3.63) is 63.0 Å². The van der Waals surface area contributed by atoms with Crippen LogP contribution in [-0.4, -0.2) is 22.3 Å². The Kier molecular flexibility index (Phi) is 4.24. The summed E-state index contributed by atoms with van der Waals surface area (Å²) in [6.07, 6.45) is 4.26. The Morgan fingerprint density at radius 3 is 3.00 bits per heavy atom. The quantitative estimate of drug-likeness (QED) is 0.750. The van der Waals surface area contributed by atoms with Gasteiger partial charge in [-0.25, -0.2) is 0 Å². The second-order valence-electron chi connectivity index (χ2n) is 5.53. The first-order valence-corrected chi connectivity index (χ1v) is 8.14. The lowest BCUT2D eigenvalue weighted by molar-refractivity contribution is -0.128. The predicted molar refractivity (Wildman–Crippen MR) is 90.9 cm³/mol. The third-order valence-corrected chi connectivity index (χ3v) is 4.70. The first kappa shape index (κ1) is 14.5. The van der Waals surface area contributed by atoms with Crippen molar-refractivity contribution >= 4 is 28.5 Å². The molecule has 1 aliphatic rings. The molecule has 0 bridgehead atoms. The van der Waals surface area contributed by atoms with Gasteiger partial charge in [0.2, 0.25) is 5.91 Å². The van der Waals surface area contributed by atoms with Crippen molar-refractivity contribution in [1.29, 1.82) is 0 Å². The van der Waals surface area contributed by atoms with Gasteiger partial charge >= 0.3 is 0 Å². The molecule has 0 saturated carbocycles. The minimum Gasteiger partial charge on any atom is -0.338 e. The first-order valence-electron chi connectivity index (χ1n) is 7.06. The smallest absolute Gasteiger partial charge is 0.223 e. The molecule has 2 aromatic rings. The predicted octanol–water partition coefficient (Wildman–Crippen LogP) is 3.51. The van der Waals surface area contributed by atoms with Crippen LogP contribution in [0.4, 0.5) is 0 Å². The van der Waals surface area contributed by atoms with Gasteiger partial charge in [0.1, 0.15) is 0 Å². The summed E-state index contributed by atoms with van der Waals surface area (Å²) < 4.78 is 1.22. The van der Waals surface area contributed by atoms with Crippen LogP contribution in [0, 0.1) is 10.5 Å². The molecule has 1 amide bonds. The fraction of sp³-hybridized carbons (Fsp3) is 0.294. The molecule has 108 valence electrons. The molecule has 1 aromatic carbocycles. The number of rotatable bonds is 3. The van der Waals surface area contributed by atoms with Crippen molar-refractivity contribution < 1.29 is 4.79 Å². The maximum atomic E-state index is 12.3. The van der Waals surface area contributed by atoms with Gasteiger partial charge in [0.05, 0.1) is 0 Å². The van der Waals surface area contributed by atoms with Gasteiger partial charge in [-0.05, 0) is 64.4 Å². The Bertz CT molecular complexity index is 671. The Labute approximate surface area is 138 Å². The molecule has 4 heteroatoms. The molecule has 2 heterocycles. The number of likely N-dealkylation sites (tertiary alicyclic amines) is 1. The number of hydrogen-bond acceptors (Lipinski definition) is 2. The molecule has 0 aliphatic carbocycles. The molecule has 1 atom stereocenters. The fourth-order valence-electron chi connectivity index (χ4n) is 2.79. The summed E-state index contributed by atoms with van der Waals surface area (Å²) in [7, 11) is 0. The number of nitrogens with zero attached hydrogens (tertiary/aromatic N) is 2. The minimum atomic E-state index is 0.245. The molecule has 1 aromatic heterocycles. The van der Waals surface area contributed by atoms with Crippen molar-refractivity contribution in [3.8, 4) is 0 Å². The van der Waals surface area contributed by atoms with Crippen LogP contribution in [0.5, 0.6) is 0 Å². The summed E-state index contributed by atoms with van der Waals surface area (Å²) in [4.78, 5) is 18.3. The molecule has 0 unspecified atom stereocenters. The van der Waals surface area contributed by atoms with Crippen molar-refractivity contribution in [2.75, 3.05) is 6.54 Å². The van der Waals surface area contributed by atoms with E-state index in [1.165, 1.54) is 14.7 Å². The van der Waals surface area contributed by atoms with Crippen molar-refractivity contribution in [3.63, 3.8) is 0 Å². The number of aryl methyl sites for hydroxylation is 1. The average Bonchev–Trinajstić information content (AvgIpc) is 2.83. The van der Waals surface area contributed by atoms with E-state index in [0.29, 0.717) is 18.9 Å². The Morgan fingerprint density at radius 1 is 1.38 bits per heavy atom. The van der Waals surface area contributed by atoms with Crippen LogP contribution < -0.4 is 0 Å². The molecule has 21 heavy (non-hydrogen) atoms. The number of carbonyl (C=O) groups excluding carboxylic acids is 1.